The van der Waals surface area contributed by atoms with E-state index in [0.29, 0.717) is 32.2 Å². The van der Waals surface area contributed by atoms with E-state index >= 15 is 0 Å². The minimum atomic E-state index is -0.474. The van der Waals surface area contributed by atoms with Gasteiger partial charge in [0, 0.05) is 36.3 Å². The van der Waals surface area contributed by atoms with Gasteiger partial charge in [0.15, 0.2) is 0 Å². The lowest BCUT2D eigenvalue weighted by Gasteiger charge is -2.29. The second kappa shape index (κ2) is 6.95. The summed E-state index contributed by atoms with van der Waals surface area (Å²) in [6, 6.07) is 1.63. The molecule has 21 heavy (non-hydrogen) atoms. The van der Waals surface area contributed by atoms with Crippen molar-refractivity contribution in [2.45, 2.75) is 51.7 Å². The Kier molecular flexibility index (Phi) is 5.25. The minimum absolute atomic E-state index is 0.0155. The molecule has 0 aromatic carbocycles. The van der Waals surface area contributed by atoms with Crippen LogP contribution in [0.5, 0.6) is 0 Å². The average molecular weight is 292 g/mol. The average Bonchev–Trinajstić information content (AvgIpc) is 2.40. The van der Waals surface area contributed by atoms with Gasteiger partial charge in [0.2, 0.25) is 5.91 Å². The van der Waals surface area contributed by atoms with Crippen LogP contribution in [0.15, 0.2) is 6.07 Å². The van der Waals surface area contributed by atoms with Crippen LogP contribution in [0.25, 0.3) is 0 Å². The van der Waals surface area contributed by atoms with E-state index in [4.69, 9.17) is 5.73 Å². The van der Waals surface area contributed by atoms with Crippen molar-refractivity contribution in [3.05, 3.63) is 23.3 Å². The van der Waals surface area contributed by atoms with Gasteiger partial charge < -0.3 is 16.2 Å². The Hall–Kier alpha value is -1.53. The maximum atomic E-state index is 12.1. The first-order chi connectivity index (χ1) is 9.95. The van der Waals surface area contributed by atoms with Crippen molar-refractivity contribution < 1.29 is 9.90 Å². The Bertz CT molecular complexity index is 486. The molecule has 0 radical (unpaired) electrons. The number of nitrogens with two attached hydrogens (primary N) is 1. The van der Waals surface area contributed by atoms with Crippen molar-refractivity contribution in [2.75, 3.05) is 6.54 Å². The van der Waals surface area contributed by atoms with Crippen molar-refractivity contribution in [1.82, 2.24) is 15.3 Å². The molecule has 3 atom stereocenters. The summed E-state index contributed by atoms with van der Waals surface area (Å²) >= 11 is 0. The fourth-order valence-electron chi connectivity index (χ4n) is 2.78. The van der Waals surface area contributed by atoms with Crippen LogP contribution < -0.4 is 11.1 Å². The van der Waals surface area contributed by atoms with Gasteiger partial charge in [-0.2, -0.15) is 0 Å². The molecule has 2 rings (SSSR count). The smallest absolute Gasteiger partial charge is 0.223 e. The molecule has 1 heterocycles. The molecule has 1 amide bonds. The number of carbonyl (C=O) groups excluding carboxylic acids is 1. The van der Waals surface area contributed by atoms with Gasteiger partial charge >= 0.3 is 0 Å². The molecular formula is C15H24N4O2. The van der Waals surface area contributed by atoms with Gasteiger partial charge in [-0.25, -0.2) is 9.97 Å². The second-order valence-corrected chi connectivity index (χ2v) is 5.85. The van der Waals surface area contributed by atoms with E-state index in [1.165, 1.54) is 0 Å². The Morgan fingerprint density at radius 3 is 2.67 bits per heavy atom. The molecular weight excluding hydrogens is 268 g/mol. The first-order valence-electron chi connectivity index (χ1n) is 7.48. The zero-order valence-corrected chi connectivity index (χ0v) is 12.7. The normalized spacial score (nSPS) is 25.6. The molecule has 1 fully saturated rings. The third-order valence-corrected chi connectivity index (χ3v) is 3.91. The van der Waals surface area contributed by atoms with Gasteiger partial charge in [0.1, 0.15) is 5.82 Å². The fourth-order valence-corrected chi connectivity index (χ4v) is 2.78. The van der Waals surface area contributed by atoms with E-state index < -0.39 is 6.10 Å². The van der Waals surface area contributed by atoms with Crippen LogP contribution in [0.4, 0.5) is 0 Å². The standard InChI is InChI=1S/C15H24N4O2/c1-9-7-10(2)19-14(18-9)5-6-17-15(21)11-3-4-13(20)12(16)8-11/h7,11-13,20H,3-6,8,16H2,1-2H3,(H,17,21)/t11-,12+,13+/m0/s1. The number of aliphatic hydroxyl groups excluding tert-OH is 1. The summed E-state index contributed by atoms with van der Waals surface area (Å²) in [6.45, 7) is 4.40. The first kappa shape index (κ1) is 15.9. The number of hydrogen-bond acceptors (Lipinski definition) is 5. The maximum absolute atomic E-state index is 12.1. The minimum Gasteiger partial charge on any atom is -0.392 e. The third kappa shape index (κ3) is 4.47. The van der Waals surface area contributed by atoms with Crippen LogP contribution in [-0.2, 0) is 11.2 Å². The number of aliphatic hydroxyl groups is 1. The van der Waals surface area contributed by atoms with Crippen molar-refractivity contribution in [1.29, 1.82) is 0 Å². The SMILES string of the molecule is Cc1cc(C)nc(CCNC(=O)[C@H]2CC[C@@H](O)[C@H](N)C2)n1. The van der Waals surface area contributed by atoms with Crippen molar-refractivity contribution >= 4 is 5.91 Å². The van der Waals surface area contributed by atoms with Gasteiger partial charge in [-0.15, -0.1) is 0 Å². The van der Waals surface area contributed by atoms with Crippen molar-refractivity contribution in [3.63, 3.8) is 0 Å². The zero-order valence-electron chi connectivity index (χ0n) is 12.7. The highest BCUT2D eigenvalue weighted by Gasteiger charge is 2.30. The molecule has 0 unspecified atom stereocenters. The lowest BCUT2D eigenvalue weighted by molar-refractivity contribution is -0.126. The molecule has 1 saturated carbocycles. The number of amides is 1. The lowest BCUT2D eigenvalue weighted by Crippen LogP contribution is -2.45. The second-order valence-electron chi connectivity index (χ2n) is 5.85. The number of aryl methyl sites for hydroxylation is 2. The fraction of sp³-hybridized carbons (Fsp3) is 0.667. The molecule has 1 aromatic rings. The summed E-state index contributed by atoms with van der Waals surface area (Å²) in [7, 11) is 0. The zero-order chi connectivity index (χ0) is 15.4. The van der Waals surface area contributed by atoms with Crippen LogP contribution >= 0.6 is 0 Å². The van der Waals surface area contributed by atoms with Crippen molar-refractivity contribution in [3.8, 4) is 0 Å². The summed E-state index contributed by atoms with van der Waals surface area (Å²) in [5.74, 6) is 0.675. The van der Waals surface area contributed by atoms with Crippen LogP contribution in [-0.4, -0.2) is 39.7 Å². The molecule has 0 saturated heterocycles. The highest BCUT2D eigenvalue weighted by atomic mass is 16.3. The molecule has 1 aliphatic rings. The van der Waals surface area contributed by atoms with Crippen LogP contribution in [0.1, 0.15) is 36.5 Å². The van der Waals surface area contributed by atoms with Crippen molar-refractivity contribution in [2.24, 2.45) is 11.7 Å². The number of aromatic nitrogens is 2. The molecule has 1 aliphatic carbocycles. The predicted octanol–water partition coefficient (Wildman–Crippen LogP) is 0.240. The molecule has 1 aromatic heterocycles. The topological polar surface area (TPSA) is 101 Å². The maximum Gasteiger partial charge on any atom is 0.223 e. The summed E-state index contributed by atoms with van der Waals surface area (Å²) in [5, 5.41) is 12.5. The summed E-state index contributed by atoms with van der Waals surface area (Å²) < 4.78 is 0. The van der Waals surface area contributed by atoms with Gasteiger partial charge in [-0.3, -0.25) is 4.79 Å². The molecule has 116 valence electrons. The third-order valence-electron chi connectivity index (χ3n) is 3.91. The summed E-state index contributed by atoms with van der Waals surface area (Å²) in [6.07, 6.45) is 1.99. The number of rotatable bonds is 4. The highest BCUT2D eigenvalue weighted by Crippen LogP contribution is 2.23. The monoisotopic (exact) mass is 292 g/mol. The van der Waals surface area contributed by atoms with Crippen LogP contribution in [0, 0.1) is 19.8 Å². The highest BCUT2D eigenvalue weighted by molar-refractivity contribution is 5.78. The van der Waals surface area contributed by atoms with Gasteiger partial charge in [0.05, 0.1) is 6.10 Å². The number of carbonyl (C=O) groups is 1. The Morgan fingerprint density at radius 1 is 1.38 bits per heavy atom. The summed E-state index contributed by atoms with van der Waals surface area (Å²) in [5.41, 5.74) is 7.69. The largest absolute Gasteiger partial charge is 0.392 e. The Labute approximate surface area is 125 Å². The number of nitrogens with zero attached hydrogens (tertiary/aromatic N) is 2. The number of nitrogens with one attached hydrogen (secondary N) is 1. The van der Waals surface area contributed by atoms with E-state index in [2.05, 4.69) is 15.3 Å². The molecule has 0 aliphatic heterocycles. The van der Waals surface area contributed by atoms with E-state index in [1.54, 1.807) is 0 Å². The number of hydrogen-bond donors (Lipinski definition) is 3. The Morgan fingerprint density at radius 2 is 2.05 bits per heavy atom. The molecule has 6 nitrogen and oxygen atoms in total. The van der Waals surface area contributed by atoms with Gasteiger partial charge in [-0.1, -0.05) is 0 Å². The predicted molar refractivity (Wildman–Crippen MR) is 79.5 cm³/mol. The van der Waals surface area contributed by atoms with Crippen LogP contribution in [0.3, 0.4) is 0 Å². The van der Waals surface area contributed by atoms with Gasteiger partial charge in [0.25, 0.3) is 0 Å². The van der Waals surface area contributed by atoms with Crippen LogP contribution in [0.2, 0.25) is 0 Å². The lowest BCUT2D eigenvalue weighted by atomic mass is 9.83. The van der Waals surface area contributed by atoms with E-state index in [0.717, 1.165) is 17.2 Å². The molecule has 6 heteroatoms. The quantitative estimate of drug-likeness (QED) is 0.738. The molecule has 0 spiro atoms. The first-order valence-corrected chi connectivity index (χ1v) is 7.48. The molecule has 4 N–H and O–H groups in total. The van der Waals surface area contributed by atoms with Gasteiger partial charge in [-0.05, 0) is 39.2 Å². The van der Waals surface area contributed by atoms with E-state index in [9.17, 15) is 9.90 Å². The Balaban J connectivity index is 1.79. The molecule has 0 bridgehead atoms. The summed E-state index contributed by atoms with van der Waals surface area (Å²) in [4.78, 5) is 20.8. The van der Waals surface area contributed by atoms with E-state index in [-0.39, 0.29) is 17.9 Å². The van der Waals surface area contributed by atoms with E-state index in [1.807, 2.05) is 19.9 Å².